The van der Waals surface area contributed by atoms with Crippen LogP contribution in [-0.4, -0.2) is 9.78 Å². The van der Waals surface area contributed by atoms with Crippen LogP contribution in [0.1, 0.15) is 5.69 Å². The lowest BCUT2D eigenvalue weighted by Gasteiger charge is -1.91. The van der Waals surface area contributed by atoms with Crippen molar-refractivity contribution in [2.24, 2.45) is 7.05 Å². The first-order valence-electron chi connectivity index (χ1n) is 3.87. The molecule has 0 N–H and O–H groups in total. The summed E-state index contributed by atoms with van der Waals surface area (Å²) in [4.78, 5) is 0. The highest BCUT2D eigenvalue weighted by Crippen LogP contribution is 2.17. The third kappa shape index (κ3) is 0.848. The maximum atomic E-state index is 4.33. The smallest absolute Gasteiger partial charge is 0.0929 e. The highest BCUT2D eigenvalue weighted by Gasteiger charge is 2.02. The number of aromatic nitrogens is 2. The average Bonchev–Trinajstić information content (AvgIpc) is 2.40. The Kier molecular flexibility index (Phi) is 1.47. The van der Waals surface area contributed by atoms with Crippen molar-refractivity contribution >= 4 is 17.0 Å². The number of rotatable bonds is 1. The van der Waals surface area contributed by atoms with Gasteiger partial charge in [0.05, 0.1) is 11.2 Å². The van der Waals surface area contributed by atoms with Crippen molar-refractivity contribution in [3.05, 3.63) is 36.5 Å². The van der Waals surface area contributed by atoms with Gasteiger partial charge in [-0.05, 0) is 12.1 Å². The van der Waals surface area contributed by atoms with Crippen molar-refractivity contribution in [2.75, 3.05) is 0 Å². The van der Waals surface area contributed by atoms with Crippen LogP contribution in [0.2, 0.25) is 0 Å². The molecule has 12 heavy (non-hydrogen) atoms. The first kappa shape index (κ1) is 7.10. The molecule has 0 fully saturated rings. The average molecular weight is 158 g/mol. The van der Waals surface area contributed by atoms with E-state index >= 15 is 0 Å². The predicted octanol–water partition coefficient (Wildman–Crippen LogP) is 2.22. The maximum Gasteiger partial charge on any atom is 0.0929 e. The Morgan fingerprint density at radius 3 is 2.92 bits per heavy atom. The van der Waals surface area contributed by atoms with E-state index in [4.69, 9.17) is 0 Å². The second-order valence-corrected chi connectivity index (χ2v) is 2.73. The van der Waals surface area contributed by atoms with Crippen molar-refractivity contribution in [3.8, 4) is 0 Å². The summed E-state index contributed by atoms with van der Waals surface area (Å²) >= 11 is 0. The van der Waals surface area contributed by atoms with Gasteiger partial charge in [-0.15, -0.1) is 0 Å². The van der Waals surface area contributed by atoms with Gasteiger partial charge in [-0.2, -0.15) is 5.10 Å². The second kappa shape index (κ2) is 2.48. The summed E-state index contributed by atoms with van der Waals surface area (Å²) in [5.74, 6) is 0. The van der Waals surface area contributed by atoms with E-state index in [1.165, 1.54) is 0 Å². The van der Waals surface area contributed by atoms with Gasteiger partial charge in [0.1, 0.15) is 0 Å². The molecular weight excluding hydrogens is 148 g/mol. The summed E-state index contributed by atoms with van der Waals surface area (Å²) in [5.41, 5.74) is 2.10. The normalized spacial score (nSPS) is 10.4. The van der Waals surface area contributed by atoms with E-state index < -0.39 is 0 Å². The number of benzene rings is 1. The standard InChI is InChI=1S/C10H10N2/c1-3-10-8-6-4-5-7-9(8)11-12(10)2/h3-7H,1H2,2H3. The molecule has 0 bridgehead atoms. The van der Waals surface area contributed by atoms with Gasteiger partial charge in [-0.1, -0.05) is 24.8 Å². The van der Waals surface area contributed by atoms with Crippen LogP contribution in [0.25, 0.3) is 17.0 Å². The number of fused-ring (bicyclic) bond motifs is 1. The molecule has 1 aromatic heterocycles. The molecule has 0 saturated carbocycles. The third-order valence-corrected chi connectivity index (χ3v) is 1.98. The molecule has 0 aliphatic carbocycles. The molecule has 0 unspecified atom stereocenters. The van der Waals surface area contributed by atoms with Gasteiger partial charge in [0.2, 0.25) is 0 Å². The fraction of sp³-hybridized carbons (Fsp3) is 0.100. The summed E-state index contributed by atoms with van der Waals surface area (Å²) in [7, 11) is 1.93. The quantitative estimate of drug-likeness (QED) is 0.622. The summed E-state index contributed by atoms with van der Waals surface area (Å²) < 4.78 is 1.84. The fourth-order valence-electron chi connectivity index (χ4n) is 1.41. The van der Waals surface area contributed by atoms with Crippen LogP contribution in [0.5, 0.6) is 0 Å². The minimum absolute atomic E-state index is 1.02. The molecule has 2 rings (SSSR count). The van der Waals surface area contributed by atoms with Crippen molar-refractivity contribution in [1.82, 2.24) is 9.78 Å². The van der Waals surface area contributed by atoms with Crippen molar-refractivity contribution in [1.29, 1.82) is 0 Å². The highest BCUT2D eigenvalue weighted by molar-refractivity contribution is 5.86. The molecule has 60 valence electrons. The Bertz CT molecular complexity index is 426. The van der Waals surface area contributed by atoms with Crippen LogP contribution in [0, 0.1) is 0 Å². The van der Waals surface area contributed by atoms with Gasteiger partial charge in [-0.25, -0.2) is 0 Å². The van der Waals surface area contributed by atoms with Crippen LogP contribution in [0.4, 0.5) is 0 Å². The van der Waals surface area contributed by atoms with E-state index in [0.717, 1.165) is 16.6 Å². The molecule has 0 saturated heterocycles. The zero-order valence-corrected chi connectivity index (χ0v) is 6.99. The Labute approximate surface area is 71.1 Å². The van der Waals surface area contributed by atoms with E-state index in [9.17, 15) is 0 Å². The molecule has 0 spiro atoms. The van der Waals surface area contributed by atoms with Gasteiger partial charge in [0.15, 0.2) is 0 Å². The van der Waals surface area contributed by atoms with Crippen LogP contribution >= 0.6 is 0 Å². The molecule has 0 aliphatic heterocycles. The zero-order chi connectivity index (χ0) is 8.55. The predicted molar refractivity (Wildman–Crippen MR) is 50.8 cm³/mol. The second-order valence-electron chi connectivity index (χ2n) is 2.73. The van der Waals surface area contributed by atoms with Gasteiger partial charge in [0, 0.05) is 12.4 Å². The monoisotopic (exact) mass is 158 g/mol. The van der Waals surface area contributed by atoms with Crippen LogP contribution < -0.4 is 0 Å². The minimum Gasteiger partial charge on any atom is -0.267 e. The summed E-state index contributed by atoms with van der Waals surface area (Å²) in [5, 5.41) is 5.49. The van der Waals surface area contributed by atoms with Gasteiger partial charge in [0.25, 0.3) is 0 Å². The van der Waals surface area contributed by atoms with Gasteiger partial charge >= 0.3 is 0 Å². The topological polar surface area (TPSA) is 17.8 Å². The largest absolute Gasteiger partial charge is 0.267 e. The fourth-order valence-corrected chi connectivity index (χ4v) is 1.41. The maximum absolute atomic E-state index is 4.33. The molecule has 1 heterocycles. The van der Waals surface area contributed by atoms with Crippen molar-refractivity contribution in [2.45, 2.75) is 0 Å². The van der Waals surface area contributed by atoms with Crippen LogP contribution in [0.15, 0.2) is 30.8 Å². The van der Waals surface area contributed by atoms with Gasteiger partial charge < -0.3 is 0 Å². The zero-order valence-electron chi connectivity index (χ0n) is 6.99. The molecule has 2 heteroatoms. The summed E-state index contributed by atoms with van der Waals surface area (Å²) in [6, 6.07) is 8.06. The minimum atomic E-state index is 1.02. The number of hydrogen-bond acceptors (Lipinski definition) is 1. The Hall–Kier alpha value is -1.57. The van der Waals surface area contributed by atoms with Crippen LogP contribution in [0.3, 0.4) is 0 Å². The lowest BCUT2D eigenvalue weighted by Crippen LogP contribution is -1.91. The lowest BCUT2D eigenvalue weighted by molar-refractivity contribution is 0.771. The molecule has 0 radical (unpaired) electrons. The number of aryl methyl sites for hydroxylation is 1. The van der Waals surface area contributed by atoms with E-state index in [0.29, 0.717) is 0 Å². The lowest BCUT2D eigenvalue weighted by atomic mass is 10.2. The number of nitrogens with zero attached hydrogens (tertiary/aromatic N) is 2. The molecule has 0 atom stereocenters. The van der Waals surface area contributed by atoms with E-state index in [-0.39, 0.29) is 0 Å². The van der Waals surface area contributed by atoms with Crippen LogP contribution in [-0.2, 0) is 7.05 Å². The SMILES string of the molecule is C=Cc1c2ccccc2nn1C. The van der Waals surface area contributed by atoms with Crippen molar-refractivity contribution in [3.63, 3.8) is 0 Å². The van der Waals surface area contributed by atoms with E-state index in [1.54, 1.807) is 0 Å². The van der Waals surface area contributed by atoms with Gasteiger partial charge in [-0.3, -0.25) is 4.68 Å². The van der Waals surface area contributed by atoms with Crippen molar-refractivity contribution < 1.29 is 0 Å². The summed E-state index contributed by atoms with van der Waals surface area (Å²) in [6.07, 6.45) is 1.83. The van der Waals surface area contributed by atoms with E-state index in [2.05, 4.69) is 17.7 Å². The Morgan fingerprint density at radius 1 is 1.42 bits per heavy atom. The Balaban J connectivity index is 2.90. The third-order valence-electron chi connectivity index (χ3n) is 1.98. The molecule has 1 aromatic carbocycles. The summed E-state index contributed by atoms with van der Waals surface area (Å²) in [6.45, 7) is 3.75. The molecule has 0 amide bonds. The highest BCUT2D eigenvalue weighted by atomic mass is 15.3. The molecule has 2 nitrogen and oxygen atoms in total. The number of hydrogen-bond donors (Lipinski definition) is 0. The first-order valence-corrected chi connectivity index (χ1v) is 3.87. The van der Waals surface area contributed by atoms with E-state index in [1.807, 2.05) is 36.0 Å². The molecular formula is C10H10N2. The first-order chi connectivity index (χ1) is 5.83. The molecule has 2 aromatic rings. The molecule has 0 aliphatic rings. The Morgan fingerprint density at radius 2 is 2.17 bits per heavy atom.